The average Bonchev–Trinajstić information content (AvgIpc) is 3.02. The molecule has 116 valence electrons. The molecule has 0 bridgehead atoms. The first-order valence-corrected chi connectivity index (χ1v) is 7.43. The molecule has 0 aliphatic carbocycles. The smallest absolute Gasteiger partial charge is 0.377 e. The molecule has 0 saturated heterocycles. The van der Waals surface area contributed by atoms with Gasteiger partial charge in [-0.05, 0) is 13.0 Å². The van der Waals surface area contributed by atoms with Crippen LogP contribution >= 0.6 is 11.8 Å². The Balaban J connectivity index is 2.13. The second-order valence-electron chi connectivity index (χ2n) is 4.19. The second kappa shape index (κ2) is 7.29. The van der Waals surface area contributed by atoms with Crippen molar-refractivity contribution in [1.82, 2.24) is 10.1 Å². The van der Waals surface area contributed by atoms with E-state index in [1.54, 1.807) is 6.92 Å². The van der Waals surface area contributed by atoms with Crippen molar-refractivity contribution < 1.29 is 14.1 Å². The number of nitrogen functional groups attached to an aromatic ring is 1. The number of pyridine rings is 1. The molecule has 2 aromatic heterocycles. The Morgan fingerprint density at radius 3 is 2.78 bits per heavy atom. The van der Waals surface area contributed by atoms with E-state index in [2.05, 4.69) is 10.1 Å². The number of rotatable bonds is 5. The van der Waals surface area contributed by atoms with E-state index >= 15 is 0 Å². The molecule has 0 amide bonds. The molecule has 0 radical (unpaired) electrons. The van der Waals surface area contributed by atoms with E-state index in [0.717, 1.165) is 0 Å². The number of carbonyl (C=O) groups excluding carboxylic acids is 1. The monoisotopic (exact) mass is 329 g/mol. The first-order valence-electron chi connectivity index (χ1n) is 6.45. The third-order valence-electron chi connectivity index (χ3n) is 2.65. The lowest BCUT2D eigenvalue weighted by Crippen LogP contribution is -2.02. The third kappa shape index (κ3) is 3.78. The van der Waals surface area contributed by atoms with Gasteiger partial charge in [0.05, 0.1) is 23.4 Å². The van der Waals surface area contributed by atoms with Gasteiger partial charge in [-0.1, -0.05) is 16.9 Å². The summed E-state index contributed by atoms with van der Waals surface area (Å²) in [7, 11) is 0. The number of esters is 1. The molecule has 0 spiro atoms. The molecule has 0 fully saturated rings. The fraction of sp³-hybridized carbons (Fsp3) is 0.214. The predicted octanol–water partition coefficient (Wildman–Crippen LogP) is 1.86. The third-order valence-corrected chi connectivity index (χ3v) is 3.68. The van der Waals surface area contributed by atoms with Crippen molar-refractivity contribution in [3.8, 4) is 12.1 Å². The minimum absolute atomic E-state index is 0.00950. The SMILES string of the molecule is CCOC(=O)c1cc(CSc2nc(N)c(C#N)cc2C#N)no1. The standard InChI is InChI=1S/C14H11N5O3S/c1-2-21-14(20)11-4-10(19-22-11)7-23-13-9(6-16)3-8(5-15)12(17)18-13/h3-4H,2,7H2,1H3,(H2,17,18). The molecule has 2 aromatic rings. The van der Waals surface area contributed by atoms with Crippen LogP contribution in [0.3, 0.4) is 0 Å². The molecule has 8 nitrogen and oxygen atoms in total. The summed E-state index contributed by atoms with van der Waals surface area (Å²) in [5.74, 6) is -0.207. The molecule has 9 heteroatoms. The molecule has 23 heavy (non-hydrogen) atoms. The van der Waals surface area contributed by atoms with E-state index in [1.807, 2.05) is 12.1 Å². The Labute approximate surface area is 135 Å². The molecule has 2 rings (SSSR count). The fourth-order valence-electron chi connectivity index (χ4n) is 1.61. The summed E-state index contributed by atoms with van der Waals surface area (Å²) in [6.45, 7) is 1.93. The van der Waals surface area contributed by atoms with E-state index in [-0.39, 0.29) is 29.3 Å². The van der Waals surface area contributed by atoms with Crippen LogP contribution in [0.4, 0.5) is 5.82 Å². The lowest BCUT2D eigenvalue weighted by Gasteiger charge is -2.04. The average molecular weight is 329 g/mol. The minimum atomic E-state index is -0.588. The molecular weight excluding hydrogens is 318 g/mol. The molecule has 0 aliphatic rings. The minimum Gasteiger partial charge on any atom is -0.460 e. The zero-order valence-electron chi connectivity index (χ0n) is 12.1. The number of nitrogens with zero attached hydrogens (tertiary/aromatic N) is 4. The topological polar surface area (TPSA) is 139 Å². The number of hydrogen-bond acceptors (Lipinski definition) is 9. The second-order valence-corrected chi connectivity index (χ2v) is 5.15. The van der Waals surface area contributed by atoms with Gasteiger partial charge in [-0.25, -0.2) is 9.78 Å². The maximum atomic E-state index is 11.5. The number of anilines is 1. The molecule has 0 unspecified atom stereocenters. The van der Waals surface area contributed by atoms with Crippen LogP contribution in [-0.2, 0) is 10.5 Å². The van der Waals surface area contributed by atoms with Crippen molar-refractivity contribution in [2.45, 2.75) is 17.7 Å². The van der Waals surface area contributed by atoms with Gasteiger partial charge >= 0.3 is 5.97 Å². The zero-order chi connectivity index (χ0) is 16.8. The number of nitriles is 2. The quantitative estimate of drug-likeness (QED) is 0.643. The molecule has 0 saturated carbocycles. The predicted molar refractivity (Wildman–Crippen MR) is 80.1 cm³/mol. The Bertz CT molecular complexity index is 819. The van der Waals surface area contributed by atoms with Crippen LogP contribution < -0.4 is 5.73 Å². The number of carbonyl (C=O) groups is 1. The zero-order valence-corrected chi connectivity index (χ0v) is 12.9. The van der Waals surface area contributed by atoms with Gasteiger partial charge in [0.25, 0.3) is 0 Å². The maximum Gasteiger partial charge on any atom is 0.377 e. The highest BCUT2D eigenvalue weighted by Crippen LogP contribution is 2.26. The Hall–Kier alpha value is -3.04. The Morgan fingerprint density at radius 2 is 2.13 bits per heavy atom. The summed E-state index contributed by atoms with van der Waals surface area (Å²) in [6, 6.07) is 6.69. The molecular formula is C14H11N5O3S. The molecule has 2 heterocycles. The van der Waals surface area contributed by atoms with Crippen molar-refractivity contribution in [2.75, 3.05) is 12.3 Å². The van der Waals surface area contributed by atoms with Gasteiger partial charge in [0.1, 0.15) is 23.0 Å². The highest BCUT2D eigenvalue weighted by Gasteiger charge is 2.15. The maximum absolute atomic E-state index is 11.5. The summed E-state index contributed by atoms with van der Waals surface area (Å²) in [6.07, 6.45) is 0. The lowest BCUT2D eigenvalue weighted by molar-refractivity contribution is 0.0479. The largest absolute Gasteiger partial charge is 0.460 e. The van der Waals surface area contributed by atoms with Gasteiger partial charge in [0.2, 0.25) is 5.76 Å². The van der Waals surface area contributed by atoms with Crippen molar-refractivity contribution >= 4 is 23.5 Å². The normalized spacial score (nSPS) is 9.87. The molecule has 2 N–H and O–H groups in total. The van der Waals surface area contributed by atoms with Crippen LogP contribution in [0.1, 0.15) is 34.3 Å². The van der Waals surface area contributed by atoms with Crippen LogP contribution in [-0.4, -0.2) is 22.7 Å². The summed E-state index contributed by atoms with van der Waals surface area (Å²) < 4.78 is 9.69. The highest BCUT2D eigenvalue weighted by molar-refractivity contribution is 7.98. The Kier molecular flexibility index (Phi) is 5.18. The first-order chi connectivity index (χ1) is 11.1. The Morgan fingerprint density at radius 1 is 1.39 bits per heavy atom. The number of thioether (sulfide) groups is 1. The van der Waals surface area contributed by atoms with Crippen molar-refractivity contribution in [2.24, 2.45) is 0 Å². The summed E-state index contributed by atoms with van der Waals surface area (Å²) in [5.41, 5.74) is 6.54. The van der Waals surface area contributed by atoms with Crippen LogP contribution in [0.25, 0.3) is 0 Å². The van der Waals surface area contributed by atoms with Gasteiger partial charge in [-0.3, -0.25) is 0 Å². The van der Waals surface area contributed by atoms with Crippen LogP contribution in [0.15, 0.2) is 21.7 Å². The van der Waals surface area contributed by atoms with Gasteiger partial charge in [0, 0.05) is 11.8 Å². The van der Waals surface area contributed by atoms with Crippen LogP contribution in [0, 0.1) is 22.7 Å². The molecule has 0 aliphatic heterocycles. The van der Waals surface area contributed by atoms with Gasteiger partial charge in [0.15, 0.2) is 0 Å². The van der Waals surface area contributed by atoms with E-state index in [9.17, 15) is 4.79 Å². The van der Waals surface area contributed by atoms with Crippen molar-refractivity contribution in [1.29, 1.82) is 10.5 Å². The molecule has 0 atom stereocenters. The van der Waals surface area contributed by atoms with E-state index in [0.29, 0.717) is 16.5 Å². The van der Waals surface area contributed by atoms with Crippen LogP contribution in [0.5, 0.6) is 0 Å². The number of aromatic nitrogens is 2. The highest BCUT2D eigenvalue weighted by atomic mass is 32.2. The van der Waals surface area contributed by atoms with E-state index in [4.69, 9.17) is 25.5 Å². The number of ether oxygens (including phenoxy) is 1. The van der Waals surface area contributed by atoms with Crippen LogP contribution in [0.2, 0.25) is 0 Å². The first kappa shape index (κ1) is 16.3. The summed E-state index contributed by atoms with van der Waals surface area (Å²) in [4.78, 5) is 15.5. The van der Waals surface area contributed by atoms with Crippen molar-refractivity contribution in [3.05, 3.63) is 34.7 Å². The number of nitrogens with two attached hydrogens (primary N) is 1. The summed E-state index contributed by atoms with van der Waals surface area (Å²) in [5, 5.41) is 22.1. The van der Waals surface area contributed by atoms with Crippen molar-refractivity contribution in [3.63, 3.8) is 0 Å². The fourth-order valence-corrected chi connectivity index (χ4v) is 2.45. The van der Waals surface area contributed by atoms with Gasteiger partial charge in [-0.15, -0.1) is 0 Å². The van der Waals surface area contributed by atoms with Gasteiger partial charge < -0.3 is 15.0 Å². The molecule has 0 aromatic carbocycles. The van der Waals surface area contributed by atoms with E-state index in [1.165, 1.54) is 23.9 Å². The summed E-state index contributed by atoms with van der Waals surface area (Å²) >= 11 is 1.20. The van der Waals surface area contributed by atoms with E-state index < -0.39 is 5.97 Å². The van der Waals surface area contributed by atoms with Gasteiger partial charge in [-0.2, -0.15) is 10.5 Å². The lowest BCUT2D eigenvalue weighted by atomic mass is 10.2. The number of hydrogen-bond donors (Lipinski definition) is 1.